The van der Waals surface area contributed by atoms with Crippen molar-refractivity contribution in [3.05, 3.63) is 63.7 Å². The van der Waals surface area contributed by atoms with Crippen molar-refractivity contribution >= 4 is 40.0 Å². The van der Waals surface area contributed by atoms with E-state index in [2.05, 4.69) is 4.90 Å². The molecule has 0 amide bonds. The maximum atomic E-state index is 12.9. The molecule has 4 rings (SSSR count). The van der Waals surface area contributed by atoms with Gasteiger partial charge in [-0.3, -0.25) is 10.2 Å². The van der Waals surface area contributed by atoms with Crippen molar-refractivity contribution in [3.63, 3.8) is 0 Å². The fraction of sp³-hybridized carbons (Fsp3) is 0.364. The number of benzene rings is 2. The molecule has 5 nitrogen and oxygen atoms in total. The molecule has 7 heteroatoms. The number of halogens is 2. The van der Waals surface area contributed by atoms with Crippen molar-refractivity contribution in [2.75, 3.05) is 19.6 Å². The zero-order chi connectivity index (χ0) is 20.4. The summed E-state index contributed by atoms with van der Waals surface area (Å²) in [7, 11) is 0. The molecule has 1 aliphatic rings. The van der Waals surface area contributed by atoms with Crippen LogP contribution in [0.15, 0.2) is 42.5 Å². The van der Waals surface area contributed by atoms with Crippen LogP contribution in [0.3, 0.4) is 0 Å². The fourth-order valence-electron chi connectivity index (χ4n) is 4.01. The van der Waals surface area contributed by atoms with Gasteiger partial charge in [0.15, 0.2) is 5.78 Å². The van der Waals surface area contributed by atoms with Crippen molar-refractivity contribution in [3.8, 4) is 0 Å². The predicted molar refractivity (Wildman–Crippen MR) is 117 cm³/mol. The molecule has 0 atom stereocenters. The summed E-state index contributed by atoms with van der Waals surface area (Å²) in [5, 5.41) is 9.51. The van der Waals surface area contributed by atoms with Gasteiger partial charge in [0.2, 0.25) is 5.62 Å². The van der Waals surface area contributed by atoms with Crippen LogP contribution in [0.4, 0.5) is 0 Å². The average molecular weight is 431 g/mol. The van der Waals surface area contributed by atoms with E-state index in [1.54, 1.807) is 22.8 Å². The zero-order valence-electron chi connectivity index (χ0n) is 16.2. The number of likely N-dealkylation sites (tertiary alicyclic amines) is 1. The molecule has 0 aliphatic carbocycles. The van der Waals surface area contributed by atoms with Crippen molar-refractivity contribution in [2.24, 2.45) is 0 Å². The molecule has 0 unspecified atom stereocenters. The molecule has 3 aromatic rings. The Bertz CT molecular complexity index is 1100. The molecule has 1 fully saturated rings. The lowest BCUT2D eigenvalue weighted by atomic mass is 10.1. The summed E-state index contributed by atoms with van der Waals surface area (Å²) < 4.78 is 3.78. The fourth-order valence-corrected chi connectivity index (χ4v) is 4.31. The monoisotopic (exact) mass is 430 g/mol. The number of aromatic nitrogens is 2. The van der Waals surface area contributed by atoms with Gasteiger partial charge in [-0.25, -0.2) is 0 Å². The summed E-state index contributed by atoms with van der Waals surface area (Å²) in [6, 6.07) is 12.8. The van der Waals surface area contributed by atoms with Gasteiger partial charge in [0, 0.05) is 18.7 Å². The molecule has 0 radical (unpaired) electrons. The van der Waals surface area contributed by atoms with E-state index in [4.69, 9.17) is 28.6 Å². The van der Waals surface area contributed by atoms with Crippen molar-refractivity contribution in [1.82, 2.24) is 14.0 Å². The molecule has 1 aliphatic heterocycles. The van der Waals surface area contributed by atoms with E-state index in [1.165, 1.54) is 19.3 Å². The minimum atomic E-state index is -0.0963. The quantitative estimate of drug-likeness (QED) is 0.580. The van der Waals surface area contributed by atoms with Crippen LogP contribution in [0.2, 0.25) is 10.0 Å². The highest BCUT2D eigenvalue weighted by atomic mass is 35.5. The van der Waals surface area contributed by atoms with Crippen LogP contribution in [0, 0.1) is 5.41 Å². The van der Waals surface area contributed by atoms with E-state index in [0.717, 1.165) is 37.2 Å². The summed E-state index contributed by atoms with van der Waals surface area (Å²) in [5.74, 6) is -0.0963. The SMILES string of the molecule is N=c1n(CCN2CCCCC2)c2ccccc2n1CC(=O)c1ccc(Cl)c(Cl)c1. The van der Waals surface area contributed by atoms with E-state index >= 15 is 0 Å². The largest absolute Gasteiger partial charge is 0.309 e. The maximum Gasteiger partial charge on any atom is 0.203 e. The van der Waals surface area contributed by atoms with E-state index in [9.17, 15) is 4.79 Å². The van der Waals surface area contributed by atoms with E-state index < -0.39 is 0 Å². The lowest BCUT2D eigenvalue weighted by Crippen LogP contribution is -2.35. The number of rotatable bonds is 6. The van der Waals surface area contributed by atoms with Gasteiger partial charge in [-0.05, 0) is 56.3 Å². The molecule has 1 N–H and O–H groups in total. The van der Waals surface area contributed by atoms with Gasteiger partial charge >= 0.3 is 0 Å². The number of nitrogens with zero attached hydrogens (tertiary/aromatic N) is 3. The van der Waals surface area contributed by atoms with Crippen LogP contribution in [0.1, 0.15) is 29.6 Å². The van der Waals surface area contributed by atoms with Crippen molar-refractivity contribution in [1.29, 1.82) is 5.41 Å². The number of nitrogens with one attached hydrogen (secondary N) is 1. The molecule has 152 valence electrons. The number of hydrogen-bond donors (Lipinski definition) is 1. The normalized spacial score (nSPS) is 15.1. The third-order valence-corrected chi connectivity index (χ3v) is 6.35. The van der Waals surface area contributed by atoms with Gasteiger partial charge in [-0.15, -0.1) is 0 Å². The van der Waals surface area contributed by atoms with Gasteiger partial charge in [-0.2, -0.15) is 0 Å². The first kappa shape index (κ1) is 20.2. The van der Waals surface area contributed by atoms with Gasteiger partial charge < -0.3 is 14.0 Å². The Morgan fingerprint density at radius 3 is 2.28 bits per heavy atom. The van der Waals surface area contributed by atoms with Crippen LogP contribution < -0.4 is 5.62 Å². The number of para-hydroxylation sites is 2. The first-order valence-electron chi connectivity index (χ1n) is 9.98. The molecule has 0 spiro atoms. The van der Waals surface area contributed by atoms with Crippen LogP contribution in [0.25, 0.3) is 11.0 Å². The molecule has 1 aromatic heterocycles. The number of piperidine rings is 1. The second-order valence-corrected chi connectivity index (χ2v) is 8.32. The van der Waals surface area contributed by atoms with Crippen LogP contribution in [-0.2, 0) is 13.1 Å². The molecule has 0 saturated carbocycles. The number of fused-ring (bicyclic) bond motifs is 1. The Hall–Kier alpha value is -2.08. The van der Waals surface area contributed by atoms with E-state index in [1.807, 2.05) is 28.8 Å². The Morgan fingerprint density at radius 1 is 0.897 bits per heavy atom. The van der Waals surface area contributed by atoms with Gasteiger partial charge in [0.1, 0.15) is 0 Å². The second-order valence-electron chi connectivity index (χ2n) is 7.50. The average Bonchev–Trinajstić information content (AvgIpc) is 3.00. The Labute approximate surface area is 180 Å². The third kappa shape index (κ3) is 4.27. The van der Waals surface area contributed by atoms with Gasteiger partial charge in [-0.1, -0.05) is 41.8 Å². The lowest BCUT2D eigenvalue weighted by molar-refractivity contribution is 0.0971. The zero-order valence-corrected chi connectivity index (χ0v) is 17.7. The number of carbonyl (C=O) groups excluding carboxylic acids is 1. The topological polar surface area (TPSA) is 54.0 Å². The number of ketones is 1. The first-order chi connectivity index (χ1) is 14.0. The number of Topliss-reactive ketones (excluding diaryl/α,β-unsaturated/α-hetero) is 1. The Balaban J connectivity index is 1.62. The standard InChI is InChI=1S/C22H24Cl2N4O/c23-17-9-8-16(14-18(17)24)21(29)15-28-20-7-3-2-6-19(20)27(22(28)25)13-12-26-10-4-1-5-11-26/h2-3,6-9,14,25H,1,4-5,10-13,15H2. The molecule has 0 bridgehead atoms. The van der Waals surface area contributed by atoms with E-state index in [0.29, 0.717) is 21.2 Å². The molecule has 2 heterocycles. The minimum Gasteiger partial charge on any atom is -0.309 e. The molecule has 1 saturated heterocycles. The minimum absolute atomic E-state index is 0.0913. The Kier molecular flexibility index (Phi) is 6.09. The highest BCUT2D eigenvalue weighted by Crippen LogP contribution is 2.23. The molecular weight excluding hydrogens is 407 g/mol. The highest BCUT2D eigenvalue weighted by Gasteiger charge is 2.16. The van der Waals surface area contributed by atoms with Gasteiger partial charge in [0.25, 0.3) is 0 Å². The summed E-state index contributed by atoms with van der Waals surface area (Å²) >= 11 is 12.0. The molecule has 2 aromatic carbocycles. The second kappa shape index (κ2) is 8.74. The maximum absolute atomic E-state index is 12.9. The van der Waals surface area contributed by atoms with Crippen LogP contribution in [0.5, 0.6) is 0 Å². The Morgan fingerprint density at radius 2 is 1.59 bits per heavy atom. The smallest absolute Gasteiger partial charge is 0.203 e. The summed E-state index contributed by atoms with van der Waals surface area (Å²) in [6.45, 7) is 4.01. The lowest BCUT2D eigenvalue weighted by Gasteiger charge is -2.26. The van der Waals surface area contributed by atoms with E-state index in [-0.39, 0.29) is 12.3 Å². The summed E-state index contributed by atoms with van der Waals surface area (Å²) in [5.41, 5.74) is 2.72. The molecular formula is C22H24Cl2N4O. The molecule has 29 heavy (non-hydrogen) atoms. The number of carbonyl (C=O) groups is 1. The first-order valence-corrected chi connectivity index (χ1v) is 10.7. The van der Waals surface area contributed by atoms with Crippen LogP contribution in [-0.4, -0.2) is 39.5 Å². The van der Waals surface area contributed by atoms with Gasteiger partial charge in [0.05, 0.1) is 27.6 Å². The number of imidazole rings is 1. The van der Waals surface area contributed by atoms with Crippen LogP contribution >= 0.6 is 23.2 Å². The van der Waals surface area contributed by atoms with Crippen molar-refractivity contribution in [2.45, 2.75) is 32.4 Å². The summed E-state index contributed by atoms with van der Waals surface area (Å²) in [4.78, 5) is 15.3. The number of hydrogen-bond acceptors (Lipinski definition) is 3. The predicted octanol–water partition coefficient (Wildman–Crippen LogP) is 4.60. The van der Waals surface area contributed by atoms with Crippen molar-refractivity contribution < 1.29 is 4.79 Å². The highest BCUT2D eigenvalue weighted by molar-refractivity contribution is 6.42. The summed E-state index contributed by atoms with van der Waals surface area (Å²) in [6.07, 6.45) is 3.81. The third-order valence-electron chi connectivity index (χ3n) is 5.61.